The van der Waals surface area contributed by atoms with Gasteiger partial charge < -0.3 is 10.1 Å². The van der Waals surface area contributed by atoms with Gasteiger partial charge in [-0.05, 0) is 52.7 Å². The van der Waals surface area contributed by atoms with E-state index in [1.165, 1.54) is 22.3 Å². The van der Waals surface area contributed by atoms with E-state index in [1.807, 2.05) is 0 Å². The van der Waals surface area contributed by atoms with Crippen molar-refractivity contribution in [3.63, 3.8) is 0 Å². The summed E-state index contributed by atoms with van der Waals surface area (Å²) in [5.74, 6) is 1.01. The first-order valence-corrected chi connectivity index (χ1v) is 9.57. The number of nitrogens with one attached hydrogen (secondary N) is 1. The van der Waals surface area contributed by atoms with Gasteiger partial charge in [-0.3, -0.25) is 4.99 Å². The summed E-state index contributed by atoms with van der Waals surface area (Å²) in [5, 5.41) is 3.51. The Morgan fingerprint density at radius 1 is 1.08 bits per heavy atom. The molecule has 0 radical (unpaired) electrons. The Hall–Kier alpha value is -2.29. The molecule has 0 spiro atoms. The second kappa shape index (κ2) is 5.87. The van der Waals surface area contributed by atoms with Gasteiger partial charge in [-0.1, -0.05) is 30.3 Å². The third-order valence-electron chi connectivity index (χ3n) is 5.13. The molecule has 136 valence electrons. The van der Waals surface area contributed by atoms with Gasteiger partial charge in [-0.25, -0.2) is 0 Å². The van der Waals surface area contributed by atoms with Crippen LogP contribution >= 0.6 is 0 Å². The Kier molecular flexibility index (Phi) is 3.87. The minimum atomic E-state index is -0.184. The molecule has 2 aromatic rings. The summed E-state index contributed by atoms with van der Waals surface area (Å²) in [7, 11) is 0. The molecule has 0 aromatic heterocycles. The van der Waals surface area contributed by atoms with E-state index in [0.717, 1.165) is 36.5 Å². The van der Waals surface area contributed by atoms with Crippen molar-refractivity contribution in [1.82, 2.24) is 0 Å². The van der Waals surface area contributed by atoms with Crippen molar-refractivity contribution in [2.24, 2.45) is 4.99 Å². The monoisotopic (exact) mass is 348 g/mol. The second-order valence-electron chi connectivity index (χ2n) is 8.65. The quantitative estimate of drug-likeness (QED) is 0.846. The van der Waals surface area contributed by atoms with Crippen LogP contribution in [0.4, 0.5) is 5.69 Å². The molecule has 0 fully saturated rings. The molecule has 0 saturated heterocycles. The number of fused-ring (bicyclic) bond motifs is 3. The molecule has 0 saturated carbocycles. The van der Waals surface area contributed by atoms with Crippen molar-refractivity contribution in [1.29, 1.82) is 0 Å². The molecule has 2 aromatic carbocycles. The van der Waals surface area contributed by atoms with Gasteiger partial charge in [0.25, 0.3) is 0 Å². The van der Waals surface area contributed by atoms with Gasteiger partial charge in [-0.15, -0.1) is 0 Å². The van der Waals surface area contributed by atoms with E-state index in [2.05, 4.69) is 76.3 Å². The molecule has 26 heavy (non-hydrogen) atoms. The van der Waals surface area contributed by atoms with Crippen LogP contribution in [0.15, 0.2) is 41.4 Å². The van der Waals surface area contributed by atoms with E-state index in [-0.39, 0.29) is 11.1 Å². The van der Waals surface area contributed by atoms with Crippen LogP contribution in [-0.2, 0) is 12.8 Å². The Bertz CT molecular complexity index is 879. The fourth-order valence-corrected chi connectivity index (χ4v) is 4.23. The maximum absolute atomic E-state index is 6.36. The fraction of sp³-hybridized carbons (Fsp3) is 0.435. The van der Waals surface area contributed by atoms with Crippen LogP contribution in [0.25, 0.3) is 0 Å². The van der Waals surface area contributed by atoms with E-state index in [1.54, 1.807) is 0 Å². The van der Waals surface area contributed by atoms with Crippen LogP contribution in [0.3, 0.4) is 0 Å². The maximum Gasteiger partial charge on any atom is 0.147 e. The number of benzene rings is 2. The molecule has 2 aliphatic heterocycles. The predicted molar refractivity (Wildman–Crippen MR) is 109 cm³/mol. The van der Waals surface area contributed by atoms with Gasteiger partial charge in [0.15, 0.2) is 0 Å². The highest BCUT2D eigenvalue weighted by Gasteiger charge is 2.39. The van der Waals surface area contributed by atoms with Crippen molar-refractivity contribution in [2.75, 3.05) is 11.9 Å². The lowest BCUT2D eigenvalue weighted by Gasteiger charge is -2.31. The lowest BCUT2D eigenvalue weighted by molar-refractivity contribution is 0.139. The highest BCUT2D eigenvalue weighted by molar-refractivity contribution is 6.16. The number of ether oxygens (including phenoxy) is 1. The average Bonchev–Trinajstić information content (AvgIpc) is 2.89. The lowest BCUT2D eigenvalue weighted by atomic mass is 9.81. The average molecular weight is 348 g/mol. The Labute approximate surface area is 156 Å². The topological polar surface area (TPSA) is 33.6 Å². The van der Waals surface area contributed by atoms with Crippen LogP contribution in [0.1, 0.15) is 56.9 Å². The minimum Gasteiger partial charge on any atom is -0.485 e. The van der Waals surface area contributed by atoms with Crippen LogP contribution in [0.2, 0.25) is 0 Å². The highest BCUT2D eigenvalue weighted by Crippen LogP contribution is 2.46. The standard InChI is InChI=1S/C23H28N2O/c1-6-24-18-12-16-13-22(2,3)25-20(15-10-8-7-9-11-15)19(16)17-14-23(4,5)26-21(17)18/h7-12,24H,6,13-14H2,1-5H3. The predicted octanol–water partition coefficient (Wildman–Crippen LogP) is 5.00. The zero-order valence-electron chi connectivity index (χ0n) is 16.4. The van der Waals surface area contributed by atoms with E-state index < -0.39 is 0 Å². The summed E-state index contributed by atoms with van der Waals surface area (Å²) in [4.78, 5) is 5.17. The Morgan fingerprint density at radius 2 is 1.81 bits per heavy atom. The molecule has 4 rings (SSSR count). The molecule has 2 aliphatic rings. The van der Waals surface area contributed by atoms with Crippen molar-refractivity contribution in [3.8, 4) is 5.75 Å². The molecule has 0 amide bonds. The molecule has 0 bridgehead atoms. The smallest absolute Gasteiger partial charge is 0.147 e. The number of hydrogen-bond donors (Lipinski definition) is 1. The minimum absolute atomic E-state index is 0.106. The molecule has 3 heteroatoms. The zero-order valence-corrected chi connectivity index (χ0v) is 16.4. The molecule has 0 unspecified atom stereocenters. The molecule has 2 heterocycles. The van der Waals surface area contributed by atoms with Gasteiger partial charge in [0.2, 0.25) is 0 Å². The van der Waals surface area contributed by atoms with E-state index in [0.29, 0.717) is 0 Å². The van der Waals surface area contributed by atoms with Crippen LogP contribution < -0.4 is 10.1 Å². The highest BCUT2D eigenvalue weighted by atomic mass is 16.5. The van der Waals surface area contributed by atoms with Crippen LogP contribution in [-0.4, -0.2) is 23.4 Å². The molecular weight excluding hydrogens is 320 g/mol. The van der Waals surface area contributed by atoms with Crippen molar-refractivity contribution < 1.29 is 4.74 Å². The van der Waals surface area contributed by atoms with Crippen molar-refractivity contribution in [3.05, 3.63) is 58.7 Å². The molecule has 3 nitrogen and oxygen atoms in total. The first-order chi connectivity index (χ1) is 12.3. The summed E-state index contributed by atoms with van der Waals surface area (Å²) in [6.45, 7) is 11.8. The normalized spacial score (nSPS) is 19.2. The van der Waals surface area contributed by atoms with E-state index in [9.17, 15) is 0 Å². The third kappa shape index (κ3) is 2.90. The summed E-state index contributed by atoms with van der Waals surface area (Å²) in [6.07, 6.45) is 1.86. The SMILES string of the molecule is CCNc1cc2c(c3c1OC(C)(C)C3)C(c1ccccc1)=NC(C)(C)C2. The number of anilines is 1. The van der Waals surface area contributed by atoms with Gasteiger partial charge in [0.1, 0.15) is 11.4 Å². The summed E-state index contributed by atoms with van der Waals surface area (Å²) >= 11 is 0. The summed E-state index contributed by atoms with van der Waals surface area (Å²) < 4.78 is 6.36. The number of rotatable bonds is 3. The number of aliphatic imine (C=N–C) groups is 1. The van der Waals surface area contributed by atoms with E-state index >= 15 is 0 Å². The lowest BCUT2D eigenvalue weighted by Crippen LogP contribution is -2.30. The van der Waals surface area contributed by atoms with Gasteiger partial charge in [0.05, 0.1) is 16.9 Å². The molecule has 1 N–H and O–H groups in total. The molecule has 0 aliphatic carbocycles. The van der Waals surface area contributed by atoms with E-state index in [4.69, 9.17) is 9.73 Å². The number of hydrogen-bond acceptors (Lipinski definition) is 3. The largest absolute Gasteiger partial charge is 0.485 e. The van der Waals surface area contributed by atoms with Gasteiger partial charge in [-0.2, -0.15) is 0 Å². The van der Waals surface area contributed by atoms with Crippen LogP contribution in [0, 0.1) is 0 Å². The molecular formula is C23H28N2O. The zero-order chi connectivity index (χ0) is 18.5. The van der Waals surface area contributed by atoms with Gasteiger partial charge in [0, 0.05) is 29.7 Å². The number of nitrogens with zero attached hydrogens (tertiary/aromatic N) is 1. The van der Waals surface area contributed by atoms with Crippen molar-refractivity contribution >= 4 is 11.4 Å². The molecule has 0 atom stereocenters. The Balaban J connectivity index is 1.98. The van der Waals surface area contributed by atoms with Crippen LogP contribution in [0.5, 0.6) is 5.75 Å². The van der Waals surface area contributed by atoms with Crippen molar-refractivity contribution in [2.45, 2.75) is 58.6 Å². The summed E-state index contributed by atoms with van der Waals surface area (Å²) in [6, 6.07) is 12.9. The first kappa shape index (κ1) is 17.1. The Morgan fingerprint density at radius 3 is 2.50 bits per heavy atom. The first-order valence-electron chi connectivity index (χ1n) is 9.57. The third-order valence-corrected chi connectivity index (χ3v) is 5.13. The summed E-state index contributed by atoms with van der Waals surface area (Å²) in [5.41, 5.74) is 7.10. The maximum atomic E-state index is 6.36. The second-order valence-corrected chi connectivity index (χ2v) is 8.65. The fourth-order valence-electron chi connectivity index (χ4n) is 4.23. The van der Waals surface area contributed by atoms with Gasteiger partial charge >= 0.3 is 0 Å².